The first-order valence-corrected chi connectivity index (χ1v) is 3.65. The maximum Gasteiger partial charge on any atom is 0.417 e. The summed E-state index contributed by atoms with van der Waals surface area (Å²) < 4.78 is 37.4. The smallest absolute Gasteiger partial charge is 0.385 e. The number of hydrogen-bond donors (Lipinski definition) is 1. The van der Waals surface area contributed by atoms with Gasteiger partial charge in [-0.25, -0.2) is 0 Å². The highest BCUT2D eigenvalue weighted by atomic mass is 19.4. The molecule has 0 spiro atoms. The maximum absolute atomic E-state index is 12.5. The molecule has 0 aliphatic rings. The van der Waals surface area contributed by atoms with Gasteiger partial charge < -0.3 is 5.11 Å². The third-order valence-corrected chi connectivity index (χ3v) is 1.67. The van der Waals surface area contributed by atoms with Gasteiger partial charge in [0.1, 0.15) is 6.61 Å². The fraction of sp³-hybridized carbons (Fsp3) is 0.100. The minimum Gasteiger partial charge on any atom is -0.385 e. The average molecular weight is 199 g/mol. The molecule has 0 aliphatic heterocycles. The van der Waals surface area contributed by atoms with Crippen LogP contribution < -0.4 is 0 Å². The highest BCUT2D eigenvalue weighted by Crippen LogP contribution is 2.34. The van der Waals surface area contributed by atoms with Gasteiger partial charge in [0.2, 0.25) is 0 Å². The zero-order valence-corrected chi connectivity index (χ0v) is 6.97. The summed E-state index contributed by atoms with van der Waals surface area (Å²) in [5.41, 5.74) is -1.58. The van der Waals surface area contributed by atoms with E-state index in [0.717, 1.165) is 6.07 Å². The molecule has 4 heteroatoms. The fourth-order valence-electron chi connectivity index (χ4n) is 1.11. The average Bonchev–Trinajstić information content (AvgIpc) is 2.15. The molecule has 1 radical (unpaired) electrons. The molecule has 1 aromatic rings. The lowest BCUT2D eigenvalue weighted by Crippen LogP contribution is -2.11. The van der Waals surface area contributed by atoms with Crippen LogP contribution >= 0.6 is 0 Å². The number of hydrogen-bond acceptors (Lipinski definition) is 1. The lowest BCUT2D eigenvalue weighted by molar-refractivity contribution is -0.138. The Morgan fingerprint density at radius 3 is 2.43 bits per heavy atom. The largest absolute Gasteiger partial charge is 0.417 e. The highest BCUT2D eigenvalue weighted by Gasteiger charge is 2.35. The number of aliphatic hydroxyl groups excluding tert-OH is 1. The molecule has 73 valence electrons. The number of benzene rings is 1. The van der Waals surface area contributed by atoms with E-state index < -0.39 is 11.7 Å². The van der Waals surface area contributed by atoms with Crippen molar-refractivity contribution in [1.29, 1.82) is 0 Å². The van der Waals surface area contributed by atoms with E-state index in [4.69, 9.17) is 11.5 Å². The monoisotopic (exact) mass is 199 g/mol. The van der Waals surface area contributed by atoms with Crippen molar-refractivity contribution < 1.29 is 18.3 Å². The van der Waals surface area contributed by atoms with E-state index in [2.05, 4.69) is 0 Å². The molecule has 0 aromatic heterocycles. The predicted octanol–water partition coefficient (Wildman–Crippen LogP) is 2.57. The normalized spacial score (nSPS) is 11.1. The van der Waals surface area contributed by atoms with Gasteiger partial charge in [-0.05, 0) is 11.6 Å². The van der Waals surface area contributed by atoms with Gasteiger partial charge in [0.05, 0.1) is 5.56 Å². The molecule has 0 saturated heterocycles. The molecule has 1 N–H and O–H groups in total. The molecule has 1 nitrogen and oxygen atoms in total. The molecule has 0 atom stereocenters. The number of alkyl halides is 3. The van der Waals surface area contributed by atoms with Crippen molar-refractivity contribution in [3.8, 4) is 12.3 Å². The van der Waals surface area contributed by atoms with Gasteiger partial charge in [-0.3, -0.25) is 0 Å². The van der Waals surface area contributed by atoms with Crippen LogP contribution in [0.1, 0.15) is 16.7 Å². The van der Waals surface area contributed by atoms with Gasteiger partial charge in [0, 0.05) is 5.56 Å². The third-order valence-electron chi connectivity index (χ3n) is 1.67. The molecular formula is C10H6F3O. The van der Waals surface area contributed by atoms with Gasteiger partial charge in [0.15, 0.2) is 0 Å². The number of halogens is 3. The van der Waals surface area contributed by atoms with Gasteiger partial charge >= 0.3 is 6.18 Å². The Morgan fingerprint density at radius 1 is 1.36 bits per heavy atom. The molecule has 0 fully saturated rings. The van der Waals surface area contributed by atoms with Crippen molar-refractivity contribution in [3.05, 3.63) is 41.5 Å². The zero-order chi connectivity index (χ0) is 10.8. The van der Waals surface area contributed by atoms with E-state index in [9.17, 15) is 13.2 Å². The second-order valence-electron chi connectivity index (χ2n) is 2.54. The van der Waals surface area contributed by atoms with Crippen LogP contribution in [0, 0.1) is 19.0 Å². The van der Waals surface area contributed by atoms with E-state index in [1.165, 1.54) is 12.1 Å². The molecule has 0 amide bonds. The van der Waals surface area contributed by atoms with Crippen molar-refractivity contribution >= 4 is 0 Å². The lowest BCUT2D eigenvalue weighted by atomic mass is 10.0. The summed E-state index contributed by atoms with van der Waals surface area (Å²) in [7, 11) is 0. The predicted molar refractivity (Wildman–Crippen MR) is 44.7 cm³/mol. The van der Waals surface area contributed by atoms with E-state index in [-0.39, 0.29) is 11.1 Å². The first-order chi connectivity index (χ1) is 6.50. The summed E-state index contributed by atoms with van der Waals surface area (Å²) in [6, 6.07) is 3.67. The van der Waals surface area contributed by atoms with Crippen LogP contribution in [0.4, 0.5) is 13.2 Å². The minimum atomic E-state index is -4.56. The zero-order valence-electron chi connectivity index (χ0n) is 6.97. The van der Waals surface area contributed by atoms with Crippen LogP contribution in [0.3, 0.4) is 0 Å². The van der Waals surface area contributed by atoms with Crippen molar-refractivity contribution in [2.75, 3.05) is 0 Å². The van der Waals surface area contributed by atoms with Crippen LogP contribution in [0.5, 0.6) is 0 Å². The molecule has 0 unspecified atom stereocenters. The Balaban J connectivity index is 3.44. The summed E-state index contributed by atoms with van der Waals surface area (Å²) in [6.45, 7) is 0.393. The van der Waals surface area contributed by atoms with Crippen molar-refractivity contribution in [3.63, 3.8) is 0 Å². The Bertz CT molecular complexity index is 374. The van der Waals surface area contributed by atoms with E-state index in [1.807, 2.05) is 5.92 Å². The van der Waals surface area contributed by atoms with Crippen LogP contribution in [-0.2, 0) is 6.18 Å². The molecule has 0 saturated carbocycles. The van der Waals surface area contributed by atoms with E-state index >= 15 is 0 Å². The lowest BCUT2D eigenvalue weighted by Gasteiger charge is -2.12. The summed E-state index contributed by atoms with van der Waals surface area (Å²) in [5, 5.41) is 8.61. The van der Waals surface area contributed by atoms with Crippen LogP contribution in [0.15, 0.2) is 18.2 Å². The summed E-state index contributed by atoms with van der Waals surface area (Å²) in [6.07, 6.45) is 0.367. The Morgan fingerprint density at radius 2 is 2.00 bits per heavy atom. The van der Waals surface area contributed by atoms with Crippen LogP contribution in [0.2, 0.25) is 0 Å². The van der Waals surface area contributed by atoms with Gasteiger partial charge in [0.25, 0.3) is 0 Å². The van der Waals surface area contributed by atoms with Crippen molar-refractivity contribution in [2.45, 2.75) is 6.18 Å². The van der Waals surface area contributed by atoms with Crippen molar-refractivity contribution in [2.24, 2.45) is 0 Å². The second-order valence-corrected chi connectivity index (χ2v) is 2.54. The topological polar surface area (TPSA) is 20.2 Å². The molecule has 14 heavy (non-hydrogen) atoms. The Kier molecular flexibility index (Phi) is 2.82. The Hall–Kier alpha value is -1.47. The SMILES string of the molecule is C#Cc1cccc([CH]O)c1C(F)(F)F. The number of terminal acetylenes is 1. The molecule has 1 aromatic carbocycles. The first-order valence-electron chi connectivity index (χ1n) is 3.65. The standard InChI is InChI=1S/C10H6F3O/c1-2-7-4-3-5-8(6-14)9(7)10(11,12)13/h1,3-6,14H. The minimum absolute atomic E-state index is 0.277. The molecule has 1 rings (SSSR count). The van der Waals surface area contributed by atoms with Gasteiger partial charge in [-0.2, -0.15) is 13.2 Å². The highest BCUT2D eigenvalue weighted by molar-refractivity contribution is 5.48. The second kappa shape index (κ2) is 3.72. The summed E-state index contributed by atoms with van der Waals surface area (Å²) >= 11 is 0. The molecule has 0 heterocycles. The van der Waals surface area contributed by atoms with Crippen LogP contribution in [-0.4, -0.2) is 5.11 Å². The van der Waals surface area contributed by atoms with Crippen LogP contribution in [0.25, 0.3) is 0 Å². The number of aliphatic hydroxyl groups is 1. The Labute approximate surface area is 79.2 Å². The van der Waals surface area contributed by atoms with Gasteiger partial charge in [-0.1, -0.05) is 18.1 Å². The van der Waals surface area contributed by atoms with Gasteiger partial charge in [-0.15, -0.1) is 6.42 Å². The first kappa shape index (κ1) is 10.6. The van der Waals surface area contributed by atoms with Crippen molar-refractivity contribution in [1.82, 2.24) is 0 Å². The maximum atomic E-state index is 12.5. The third kappa shape index (κ3) is 1.88. The molecular weight excluding hydrogens is 193 g/mol. The molecule has 0 aliphatic carbocycles. The summed E-state index contributed by atoms with van der Waals surface area (Å²) in [5.74, 6) is 1.93. The van der Waals surface area contributed by atoms with E-state index in [0.29, 0.717) is 6.61 Å². The number of rotatable bonds is 1. The van der Waals surface area contributed by atoms with E-state index in [1.54, 1.807) is 0 Å². The summed E-state index contributed by atoms with van der Waals surface area (Å²) in [4.78, 5) is 0. The molecule has 0 bridgehead atoms. The quantitative estimate of drug-likeness (QED) is 0.689. The fourth-order valence-corrected chi connectivity index (χ4v) is 1.11.